The van der Waals surface area contributed by atoms with Crippen molar-refractivity contribution in [1.29, 1.82) is 0 Å². The third kappa shape index (κ3) is 0.567. The average molecular weight is 137 g/mol. The second-order valence-corrected chi connectivity index (χ2v) is 4.23. The monoisotopic (exact) mass is 137 g/mol. The molecule has 10 heavy (non-hydrogen) atoms. The summed E-state index contributed by atoms with van der Waals surface area (Å²) in [5.41, 5.74) is 6.92. The minimum atomic E-state index is 0.600. The first-order chi connectivity index (χ1) is 4.74. The van der Waals surface area contributed by atoms with E-state index >= 15 is 0 Å². The van der Waals surface area contributed by atoms with E-state index in [1.54, 1.807) is 0 Å². The van der Waals surface area contributed by atoms with Crippen molar-refractivity contribution in [2.75, 3.05) is 6.54 Å². The Labute approximate surface area is 62.3 Å². The molecule has 0 radical (unpaired) electrons. The van der Waals surface area contributed by atoms with Crippen molar-refractivity contribution in [2.45, 2.75) is 25.7 Å². The number of hydrogen-bond donors (Lipinski definition) is 1. The number of allylic oxidation sites excluding steroid dienone is 1. The Bertz CT molecular complexity index is 152. The van der Waals surface area contributed by atoms with Crippen molar-refractivity contribution in [3.63, 3.8) is 0 Å². The zero-order chi connectivity index (χ0) is 7.24. The molecule has 3 saturated carbocycles. The Morgan fingerprint density at radius 2 is 1.90 bits per heavy atom. The van der Waals surface area contributed by atoms with Crippen LogP contribution >= 0.6 is 0 Å². The van der Waals surface area contributed by atoms with Gasteiger partial charge in [0, 0.05) is 0 Å². The predicted molar refractivity (Wildman–Crippen MR) is 42.6 cm³/mol. The van der Waals surface area contributed by atoms with Crippen LogP contribution in [0.25, 0.3) is 0 Å². The molecule has 1 heteroatoms. The fourth-order valence-electron chi connectivity index (χ4n) is 2.97. The smallest absolute Gasteiger partial charge is 0.00199 e. The zero-order valence-electron chi connectivity index (χ0n) is 6.40. The van der Waals surface area contributed by atoms with Gasteiger partial charge in [-0.25, -0.2) is 0 Å². The first-order valence-electron chi connectivity index (χ1n) is 4.05. The SMILES string of the molecule is C=CCC12CC(CN)(C1)C2. The maximum atomic E-state index is 5.64. The van der Waals surface area contributed by atoms with Crippen molar-refractivity contribution >= 4 is 0 Å². The largest absolute Gasteiger partial charge is 0.330 e. The molecule has 0 saturated heterocycles. The van der Waals surface area contributed by atoms with Crippen molar-refractivity contribution in [3.05, 3.63) is 12.7 Å². The first-order valence-corrected chi connectivity index (χ1v) is 4.05. The Morgan fingerprint density at radius 1 is 1.30 bits per heavy atom. The Morgan fingerprint density at radius 3 is 2.30 bits per heavy atom. The summed E-state index contributed by atoms with van der Waals surface area (Å²) in [4.78, 5) is 0. The van der Waals surface area contributed by atoms with Gasteiger partial charge in [-0.05, 0) is 43.1 Å². The van der Waals surface area contributed by atoms with E-state index in [-0.39, 0.29) is 0 Å². The molecule has 0 amide bonds. The van der Waals surface area contributed by atoms with E-state index < -0.39 is 0 Å². The van der Waals surface area contributed by atoms with E-state index in [0.717, 1.165) is 6.54 Å². The minimum Gasteiger partial charge on any atom is -0.330 e. The zero-order valence-corrected chi connectivity index (χ0v) is 6.40. The molecular weight excluding hydrogens is 122 g/mol. The van der Waals surface area contributed by atoms with E-state index in [0.29, 0.717) is 10.8 Å². The van der Waals surface area contributed by atoms with Crippen LogP contribution in [0.15, 0.2) is 12.7 Å². The normalized spacial score (nSPS) is 49.3. The molecule has 0 aromatic carbocycles. The molecule has 2 bridgehead atoms. The van der Waals surface area contributed by atoms with Crippen LogP contribution in [0.4, 0.5) is 0 Å². The summed E-state index contributed by atoms with van der Waals surface area (Å²) in [6.45, 7) is 4.68. The van der Waals surface area contributed by atoms with Crippen molar-refractivity contribution in [1.82, 2.24) is 0 Å². The molecule has 3 fully saturated rings. The molecular formula is C9H15N. The van der Waals surface area contributed by atoms with Crippen LogP contribution in [-0.2, 0) is 0 Å². The minimum absolute atomic E-state index is 0.600. The van der Waals surface area contributed by atoms with E-state index in [9.17, 15) is 0 Å². The van der Waals surface area contributed by atoms with Gasteiger partial charge < -0.3 is 5.73 Å². The highest BCUT2D eigenvalue weighted by Crippen LogP contribution is 2.74. The molecule has 0 aliphatic heterocycles. The lowest BCUT2D eigenvalue weighted by Crippen LogP contribution is -2.64. The van der Waals surface area contributed by atoms with Gasteiger partial charge in [-0.1, -0.05) is 6.08 Å². The Hall–Kier alpha value is -0.300. The fourth-order valence-corrected chi connectivity index (χ4v) is 2.97. The quantitative estimate of drug-likeness (QED) is 0.588. The van der Waals surface area contributed by atoms with Gasteiger partial charge in [0.25, 0.3) is 0 Å². The highest BCUT2D eigenvalue weighted by Gasteiger charge is 2.65. The molecule has 0 unspecified atom stereocenters. The van der Waals surface area contributed by atoms with Crippen LogP contribution in [0.2, 0.25) is 0 Å². The summed E-state index contributed by atoms with van der Waals surface area (Å²) >= 11 is 0. The molecule has 3 aliphatic rings. The van der Waals surface area contributed by atoms with Crippen molar-refractivity contribution in [2.24, 2.45) is 16.6 Å². The third-order valence-electron chi connectivity index (χ3n) is 3.26. The van der Waals surface area contributed by atoms with Gasteiger partial charge in [-0.2, -0.15) is 0 Å². The summed E-state index contributed by atoms with van der Waals surface area (Å²) in [5, 5.41) is 0. The third-order valence-corrected chi connectivity index (χ3v) is 3.26. The Balaban J connectivity index is 1.91. The van der Waals surface area contributed by atoms with Crippen LogP contribution in [0.3, 0.4) is 0 Å². The highest BCUT2D eigenvalue weighted by atomic mass is 14.8. The summed E-state index contributed by atoms with van der Waals surface area (Å²) < 4.78 is 0. The average Bonchev–Trinajstić information content (AvgIpc) is 1.74. The standard InChI is InChI=1S/C9H15N/c1-2-3-8-4-9(5-8,6-8)7-10/h2H,1,3-7,10H2. The number of hydrogen-bond acceptors (Lipinski definition) is 1. The number of rotatable bonds is 3. The van der Waals surface area contributed by atoms with E-state index in [4.69, 9.17) is 5.73 Å². The maximum absolute atomic E-state index is 5.64. The lowest BCUT2D eigenvalue weighted by molar-refractivity contribution is -0.193. The van der Waals surface area contributed by atoms with E-state index in [1.807, 2.05) is 0 Å². The van der Waals surface area contributed by atoms with Crippen molar-refractivity contribution < 1.29 is 0 Å². The van der Waals surface area contributed by atoms with Gasteiger partial charge in [0.1, 0.15) is 0 Å². The molecule has 56 valence electrons. The second kappa shape index (κ2) is 1.65. The summed E-state index contributed by atoms with van der Waals surface area (Å²) in [5.74, 6) is 0. The number of nitrogens with two attached hydrogens (primary N) is 1. The van der Waals surface area contributed by atoms with Gasteiger partial charge in [0.2, 0.25) is 0 Å². The molecule has 0 spiro atoms. The summed E-state index contributed by atoms with van der Waals surface area (Å²) in [6.07, 6.45) is 7.40. The predicted octanol–water partition coefficient (Wildman–Crippen LogP) is 1.69. The van der Waals surface area contributed by atoms with Crippen LogP contribution in [0, 0.1) is 10.8 Å². The van der Waals surface area contributed by atoms with E-state index in [2.05, 4.69) is 12.7 Å². The molecule has 1 nitrogen and oxygen atoms in total. The van der Waals surface area contributed by atoms with Gasteiger partial charge in [-0.15, -0.1) is 6.58 Å². The molecule has 0 aromatic rings. The second-order valence-electron chi connectivity index (χ2n) is 4.23. The highest BCUT2D eigenvalue weighted by molar-refractivity contribution is 5.18. The first kappa shape index (κ1) is 6.41. The van der Waals surface area contributed by atoms with Crippen LogP contribution < -0.4 is 5.73 Å². The van der Waals surface area contributed by atoms with Gasteiger partial charge in [-0.3, -0.25) is 0 Å². The molecule has 0 heterocycles. The molecule has 0 atom stereocenters. The topological polar surface area (TPSA) is 26.0 Å². The van der Waals surface area contributed by atoms with Gasteiger partial charge in [0.05, 0.1) is 0 Å². The van der Waals surface area contributed by atoms with Crippen LogP contribution in [-0.4, -0.2) is 6.54 Å². The molecule has 0 aromatic heterocycles. The molecule has 3 rings (SSSR count). The molecule has 2 N–H and O–H groups in total. The maximum Gasteiger partial charge on any atom is -0.00199 e. The lowest BCUT2D eigenvalue weighted by Gasteiger charge is -2.71. The van der Waals surface area contributed by atoms with E-state index in [1.165, 1.54) is 25.7 Å². The summed E-state index contributed by atoms with van der Waals surface area (Å²) in [7, 11) is 0. The van der Waals surface area contributed by atoms with Crippen LogP contribution in [0.5, 0.6) is 0 Å². The Kier molecular flexibility index (Phi) is 1.06. The fraction of sp³-hybridized carbons (Fsp3) is 0.778. The van der Waals surface area contributed by atoms with Crippen molar-refractivity contribution in [3.8, 4) is 0 Å². The van der Waals surface area contributed by atoms with Crippen LogP contribution in [0.1, 0.15) is 25.7 Å². The van der Waals surface area contributed by atoms with Gasteiger partial charge >= 0.3 is 0 Å². The van der Waals surface area contributed by atoms with Gasteiger partial charge in [0.15, 0.2) is 0 Å². The summed E-state index contributed by atoms with van der Waals surface area (Å²) in [6, 6.07) is 0. The molecule has 3 aliphatic carbocycles. The lowest BCUT2D eigenvalue weighted by atomic mass is 9.34.